The summed E-state index contributed by atoms with van der Waals surface area (Å²) in [5.41, 5.74) is 6.58. The van der Waals surface area contributed by atoms with Gasteiger partial charge in [-0.3, -0.25) is 4.79 Å². The molecule has 1 heterocycles. The van der Waals surface area contributed by atoms with Gasteiger partial charge < -0.3 is 5.32 Å². The largest absolute Gasteiger partial charge is 0.322 e. The summed E-state index contributed by atoms with van der Waals surface area (Å²) in [4.78, 5) is 12.7. The van der Waals surface area contributed by atoms with Gasteiger partial charge in [0.15, 0.2) is 0 Å². The first-order chi connectivity index (χ1) is 11.5. The second kappa shape index (κ2) is 6.32. The summed E-state index contributed by atoms with van der Waals surface area (Å²) in [6, 6.07) is 13.9. The summed E-state index contributed by atoms with van der Waals surface area (Å²) < 4.78 is 1.81. The molecule has 0 saturated carbocycles. The number of nitrogens with zero attached hydrogens (tertiary/aromatic N) is 2. The Balaban J connectivity index is 1.92. The number of rotatable bonds is 3. The number of carbonyl (C=O) groups is 1. The van der Waals surface area contributed by atoms with Gasteiger partial charge in [0.25, 0.3) is 5.91 Å². The monoisotopic (exact) mass is 319 g/mol. The molecular weight excluding hydrogens is 298 g/mol. The molecule has 0 radical (unpaired) electrons. The third-order valence-corrected chi connectivity index (χ3v) is 4.45. The van der Waals surface area contributed by atoms with Crippen molar-refractivity contribution < 1.29 is 4.79 Å². The standard InChI is InChI=1S/C20H21N3O/c1-13-9-7-10-18(15(13)3)22-20(24)17-12-21-23(16(17)4)19-11-6-5-8-14(19)2/h5-12H,1-4H3,(H,22,24). The van der Waals surface area contributed by atoms with Crippen LogP contribution in [0.5, 0.6) is 0 Å². The number of para-hydroxylation sites is 1. The highest BCUT2D eigenvalue weighted by atomic mass is 16.1. The quantitative estimate of drug-likeness (QED) is 0.780. The summed E-state index contributed by atoms with van der Waals surface area (Å²) in [5.74, 6) is -0.138. The minimum absolute atomic E-state index is 0.138. The third-order valence-electron chi connectivity index (χ3n) is 4.45. The van der Waals surface area contributed by atoms with E-state index < -0.39 is 0 Å². The van der Waals surface area contributed by atoms with E-state index in [1.54, 1.807) is 6.20 Å². The fourth-order valence-corrected chi connectivity index (χ4v) is 2.75. The number of hydrogen-bond acceptors (Lipinski definition) is 2. The highest BCUT2D eigenvalue weighted by Gasteiger charge is 2.16. The molecule has 0 fully saturated rings. The van der Waals surface area contributed by atoms with Crippen LogP contribution in [0.3, 0.4) is 0 Å². The van der Waals surface area contributed by atoms with Crippen molar-refractivity contribution >= 4 is 11.6 Å². The number of benzene rings is 2. The summed E-state index contributed by atoms with van der Waals surface area (Å²) in [5, 5.41) is 7.40. The average Bonchev–Trinajstić information content (AvgIpc) is 2.94. The second-order valence-electron chi connectivity index (χ2n) is 6.04. The Labute approximate surface area is 142 Å². The van der Waals surface area contributed by atoms with Gasteiger partial charge in [-0.1, -0.05) is 30.3 Å². The maximum absolute atomic E-state index is 12.7. The zero-order valence-electron chi connectivity index (χ0n) is 14.4. The number of anilines is 1. The van der Waals surface area contributed by atoms with E-state index in [1.165, 1.54) is 0 Å². The first kappa shape index (κ1) is 16.0. The normalized spacial score (nSPS) is 10.7. The fraction of sp³-hybridized carbons (Fsp3) is 0.200. The van der Waals surface area contributed by atoms with Crippen molar-refractivity contribution in [3.05, 3.63) is 76.6 Å². The number of aryl methyl sites for hydroxylation is 2. The summed E-state index contributed by atoms with van der Waals surface area (Å²) >= 11 is 0. The molecule has 0 atom stereocenters. The van der Waals surface area contributed by atoms with Gasteiger partial charge in [-0.2, -0.15) is 5.10 Å². The van der Waals surface area contributed by atoms with Crippen molar-refractivity contribution in [3.63, 3.8) is 0 Å². The van der Waals surface area contributed by atoms with Gasteiger partial charge in [0.05, 0.1) is 23.1 Å². The maximum atomic E-state index is 12.7. The van der Waals surface area contributed by atoms with E-state index in [0.717, 1.165) is 33.8 Å². The highest BCUT2D eigenvalue weighted by Crippen LogP contribution is 2.21. The topological polar surface area (TPSA) is 46.9 Å². The summed E-state index contributed by atoms with van der Waals surface area (Å²) in [7, 11) is 0. The van der Waals surface area contributed by atoms with Gasteiger partial charge in [-0.05, 0) is 56.5 Å². The molecule has 4 heteroatoms. The Morgan fingerprint density at radius 3 is 2.42 bits per heavy atom. The zero-order chi connectivity index (χ0) is 17.3. The van der Waals surface area contributed by atoms with E-state index in [4.69, 9.17) is 0 Å². The molecule has 3 rings (SSSR count). The van der Waals surface area contributed by atoms with Gasteiger partial charge in [-0.25, -0.2) is 4.68 Å². The van der Waals surface area contributed by atoms with Crippen LogP contribution < -0.4 is 5.32 Å². The van der Waals surface area contributed by atoms with E-state index in [0.29, 0.717) is 5.56 Å². The molecule has 0 aliphatic carbocycles. The molecule has 122 valence electrons. The number of nitrogens with one attached hydrogen (secondary N) is 1. The lowest BCUT2D eigenvalue weighted by molar-refractivity contribution is 0.102. The molecule has 24 heavy (non-hydrogen) atoms. The summed E-state index contributed by atoms with van der Waals surface area (Å²) in [6.07, 6.45) is 1.63. The van der Waals surface area contributed by atoms with Gasteiger partial charge in [0.1, 0.15) is 0 Å². The molecule has 1 N–H and O–H groups in total. The average molecular weight is 319 g/mol. The van der Waals surface area contributed by atoms with E-state index in [9.17, 15) is 4.79 Å². The first-order valence-corrected chi connectivity index (χ1v) is 7.97. The molecule has 4 nitrogen and oxygen atoms in total. The van der Waals surface area contributed by atoms with Gasteiger partial charge in [0.2, 0.25) is 0 Å². The Morgan fingerprint density at radius 1 is 0.958 bits per heavy atom. The molecule has 0 saturated heterocycles. The van der Waals surface area contributed by atoms with E-state index in [2.05, 4.69) is 10.4 Å². The van der Waals surface area contributed by atoms with Crippen LogP contribution in [0.15, 0.2) is 48.7 Å². The first-order valence-electron chi connectivity index (χ1n) is 7.97. The lowest BCUT2D eigenvalue weighted by Crippen LogP contribution is -2.14. The summed E-state index contributed by atoms with van der Waals surface area (Å²) in [6.45, 7) is 7.99. The fourth-order valence-electron chi connectivity index (χ4n) is 2.75. The minimum Gasteiger partial charge on any atom is -0.322 e. The number of hydrogen-bond donors (Lipinski definition) is 1. The second-order valence-corrected chi connectivity index (χ2v) is 6.04. The van der Waals surface area contributed by atoms with Crippen LogP contribution in [0.4, 0.5) is 5.69 Å². The van der Waals surface area contributed by atoms with Crippen LogP contribution in [-0.2, 0) is 0 Å². The third kappa shape index (κ3) is 2.83. The van der Waals surface area contributed by atoms with Crippen molar-refractivity contribution in [2.24, 2.45) is 0 Å². The Bertz CT molecular complexity index is 909. The van der Waals surface area contributed by atoms with Gasteiger partial charge >= 0.3 is 0 Å². The van der Waals surface area contributed by atoms with Crippen LogP contribution in [0, 0.1) is 27.7 Å². The van der Waals surface area contributed by atoms with E-state index in [-0.39, 0.29) is 5.91 Å². The Morgan fingerprint density at radius 2 is 1.67 bits per heavy atom. The number of amides is 1. The van der Waals surface area contributed by atoms with Crippen LogP contribution in [-0.4, -0.2) is 15.7 Å². The van der Waals surface area contributed by atoms with Crippen molar-refractivity contribution in [3.8, 4) is 5.69 Å². The molecule has 0 aliphatic heterocycles. The molecule has 1 amide bonds. The molecule has 1 aromatic heterocycles. The number of aromatic nitrogens is 2. The SMILES string of the molecule is Cc1ccccc1-n1ncc(C(=O)Nc2cccc(C)c2C)c1C. The molecule has 3 aromatic rings. The van der Waals surface area contributed by atoms with Crippen LogP contribution >= 0.6 is 0 Å². The molecule has 2 aromatic carbocycles. The molecule has 0 aliphatic rings. The lowest BCUT2D eigenvalue weighted by Gasteiger charge is -2.11. The van der Waals surface area contributed by atoms with Crippen molar-refractivity contribution in [2.45, 2.75) is 27.7 Å². The van der Waals surface area contributed by atoms with Crippen LogP contribution in [0.2, 0.25) is 0 Å². The zero-order valence-corrected chi connectivity index (χ0v) is 14.4. The highest BCUT2D eigenvalue weighted by molar-refractivity contribution is 6.05. The van der Waals surface area contributed by atoms with Crippen LogP contribution in [0.25, 0.3) is 5.69 Å². The van der Waals surface area contributed by atoms with Gasteiger partial charge in [0, 0.05) is 5.69 Å². The predicted molar refractivity (Wildman–Crippen MR) is 96.9 cm³/mol. The predicted octanol–water partition coefficient (Wildman–Crippen LogP) is 4.36. The van der Waals surface area contributed by atoms with E-state index in [1.807, 2.05) is 74.8 Å². The smallest absolute Gasteiger partial charge is 0.259 e. The van der Waals surface area contributed by atoms with Crippen molar-refractivity contribution in [1.82, 2.24) is 9.78 Å². The minimum atomic E-state index is -0.138. The maximum Gasteiger partial charge on any atom is 0.259 e. The lowest BCUT2D eigenvalue weighted by atomic mass is 10.1. The van der Waals surface area contributed by atoms with E-state index >= 15 is 0 Å². The van der Waals surface area contributed by atoms with Crippen molar-refractivity contribution in [1.29, 1.82) is 0 Å². The Kier molecular flexibility index (Phi) is 4.21. The number of carbonyl (C=O) groups excluding carboxylic acids is 1. The molecule has 0 spiro atoms. The molecule has 0 bridgehead atoms. The van der Waals surface area contributed by atoms with Crippen molar-refractivity contribution in [2.75, 3.05) is 5.32 Å². The molecular formula is C20H21N3O. The molecule has 0 unspecified atom stereocenters. The Hall–Kier alpha value is -2.88. The van der Waals surface area contributed by atoms with Crippen LogP contribution in [0.1, 0.15) is 32.7 Å². The van der Waals surface area contributed by atoms with Gasteiger partial charge in [-0.15, -0.1) is 0 Å².